The van der Waals surface area contributed by atoms with Crippen LogP contribution in [0.3, 0.4) is 0 Å². The number of hydrogen-bond donors (Lipinski definition) is 2. The number of aromatic amines is 1. The number of carbonyl (C=O) groups is 1. The quantitative estimate of drug-likeness (QED) is 0.750. The highest BCUT2D eigenvalue weighted by atomic mass is 32.1. The SMILES string of the molecule is CCCCCCNC(=O)c1sc(=O)[nH]c1C. The molecule has 0 unspecified atom stereocenters. The summed E-state index contributed by atoms with van der Waals surface area (Å²) >= 11 is 0.968. The fourth-order valence-corrected chi connectivity index (χ4v) is 2.21. The van der Waals surface area contributed by atoms with Gasteiger partial charge in [0.1, 0.15) is 4.88 Å². The summed E-state index contributed by atoms with van der Waals surface area (Å²) in [5.74, 6) is -0.141. The Balaban J connectivity index is 2.35. The van der Waals surface area contributed by atoms with Crippen LogP contribution in [0.25, 0.3) is 0 Å². The van der Waals surface area contributed by atoms with Gasteiger partial charge < -0.3 is 10.3 Å². The highest BCUT2D eigenvalue weighted by Crippen LogP contribution is 2.07. The van der Waals surface area contributed by atoms with Crippen molar-refractivity contribution in [1.82, 2.24) is 10.3 Å². The summed E-state index contributed by atoms with van der Waals surface area (Å²) in [5, 5.41) is 2.82. The topological polar surface area (TPSA) is 62.0 Å². The highest BCUT2D eigenvalue weighted by molar-refractivity contribution is 7.11. The minimum atomic E-state index is -0.173. The number of carbonyl (C=O) groups excluding carboxylic acids is 1. The maximum Gasteiger partial charge on any atom is 0.305 e. The molecule has 1 heterocycles. The van der Waals surface area contributed by atoms with Crippen LogP contribution in [0.4, 0.5) is 0 Å². The third kappa shape index (κ3) is 3.81. The van der Waals surface area contributed by atoms with Crippen LogP contribution in [0.2, 0.25) is 0 Å². The van der Waals surface area contributed by atoms with E-state index >= 15 is 0 Å². The molecular formula is C11H18N2O2S. The Morgan fingerprint density at radius 1 is 1.38 bits per heavy atom. The largest absolute Gasteiger partial charge is 0.351 e. The number of amides is 1. The maximum absolute atomic E-state index is 11.7. The summed E-state index contributed by atoms with van der Waals surface area (Å²) in [6.45, 7) is 4.58. The van der Waals surface area contributed by atoms with Crippen molar-refractivity contribution in [3.63, 3.8) is 0 Å². The second-order valence-electron chi connectivity index (χ2n) is 3.79. The van der Waals surface area contributed by atoms with E-state index in [4.69, 9.17) is 0 Å². The molecule has 0 spiro atoms. The minimum absolute atomic E-state index is 0.141. The van der Waals surface area contributed by atoms with Crippen LogP contribution >= 0.6 is 11.3 Å². The minimum Gasteiger partial charge on any atom is -0.351 e. The van der Waals surface area contributed by atoms with E-state index in [0.29, 0.717) is 17.1 Å². The lowest BCUT2D eigenvalue weighted by atomic mass is 10.2. The van der Waals surface area contributed by atoms with E-state index in [-0.39, 0.29) is 10.8 Å². The van der Waals surface area contributed by atoms with Crippen molar-refractivity contribution < 1.29 is 4.79 Å². The second kappa shape index (κ2) is 6.48. The van der Waals surface area contributed by atoms with Crippen molar-refractivity contribution >= 4 is 17.2 Å². The van der Waals surface area contributed by atoms with Gasteiger partial charge in [0, 0.05) is 12.2 Å². The standard InChI is InChI=1S/C11H18N2O2S/c1-3-4-5-6-7-12-10(14)9-8(2)13-11(15)16-9/h3-7H2,1-2H3,(H,12,14)(H,13,15). The maximum atomic E-state index is 11.7. The average Bonchev–Trinajstić information content (AvgIpc) is 2.57. The van der Waals surface area contributed by atoms with Crippen molar-refractivity contribution in [3.05, 3.63) is 20.2 Å². The Hall–Kier alpha value is -1.10. The molecule has 0 radical (unpaired) electrons. The zero-order chi connectivity index (χ0) is 12.0. The Bertz CT molecular complexity index is 395. The molecule has 90 valence electrons. The third-order valence-corrected chi connectivity index (χ3v) is 3.33. The second-order valence-corrected chi connectivity index (χ2v) is 4.77. The molecule has 4 nitrogen and oxygen atoms in total. The van der Waals surface area contributed by atoms with Crippen LogP contribution in [0.15, 0.2) is 4.79 Å². The first-order chi connectivity index (χ1) is 7.65. The van der Waals surface area contributed by atoms with Gasteiger partial charge in [0.25, 0.3) is 5.91 Å². The third-order valence-electron chi connectivity index (χ3n) is 2.35. The summed E-state index contributed by atoms with van der Waals surface area (Å²) in [5.41, 5.74) is 0.654. The van der Waals surface area contributed by atoms with Crippen LogP contribution in [-0.2, 0) is 0 Å². The highest BCUT2D eigenvalue weighted by Gasteiger charge is 2.11. The van der Waals surface area contributed by atoms with Crippen LogP contribution < -0.4 is 10.2 Å². The van der Waals surface area contributed by atoms with Crippen LogP contribution in [0.1, 0.15) is 48.0 Å². The van der Waals surface area contributed by atoms with Gasteiger partial charge in [0.15, 0.2) is 0 Å². The average molecular weight is 242 g/mol. The Morgan fingerprint density at radius 3 is 2.69 bits per heavy atom. The first kappa shape index (κ1) is 13.0. The zero-order valence-electron chi connectivity index (χ0n) is 9.76. The molecule has 0 saturated heterocycles. The summed E-state index contributed by atoms with van der Waals surface area (Å²) < 4.78 is 0. The molecule has 5 heteroatoms. The van der Waals surface area contributed by atoms with E-state index in [1.54, 1.807) is 6.92 Å². The molecule has 16 heavy (non-hydrogen) atoms. The molecule has 0 aliphatic carbocycles. The van der Waals surface area contributed by atoms with Gasteiger partial charge in [-0.25, -0.2) is 0 Å². The van der Waals surface area contributed by atoms with Gasteiger partial charge in [-0.05, 0) is 13.3 Å². The molecule has 1 aromatic rings. The summed E-state index contributed by atoms with van der Waals surface area (Å²) in [4.78, 5) is 25.6. The lowest BCUT2D eigenvalue weighted by Crippen LogP contribution is -2.24. The summed E-state index contributed by atoms with van der Waals surface area (Å²) in [7, 11) is 0. The Kier molecular flexibility index (Phi) is 5.25. The Labute approximate surface area is 99.1 Å². The lowest BCUT2D eigenvalue weighted by Gasteiger charge is -2.03. The van der Waals surface area contributed by atoms with Crippen molar-refractivity contribution in [2.24, 2.45) is 0 Å². The summed E-state index contributed by atoms with van der Waals surface area (Å²) in [6, 6.07) is 0. The number of H-pyrrole nitrogens is 1. The predicted octanol–water partition coefficient (Wildman–Crippen LogP) is 2.05. The van der Waals surface area contributed by atoms with E-state index in [1.807, 2.05) is 0 Å². The lowest BCUT2D eigenvalue weighted by molar-refractivity contribution is 0.0956. The van der Waals surface area contributed by atoms with Crippen molar-refractivity contribution in [3.8, 4) is 0 Å². The number of thiazole rings is 1. The van der Waals surface area contributed by atoms with Gasteiger partial charge in [-0.15, -0.1) is 0 Å². The van der Waals surface area contributed by atoms with Crippen LogP contribution in [0, 0.1) is 6.92 Å². The van der Waals surface area contributed by atoms with Gasteiger partial charge in [0.05, 0.1) is 0 Å². The van der Waals surface area contributed by atoms with Gasteiger partial charge in [-0.2, -0.15) is 0 Å². The number of nitrogens with one attached hydrogen (secondary N) is 2. The summed E-state index contributed by atoms with van der Waals surface area (Å²) in [6.07, 6.45) is 4.52. The molecule has 0 saturated carbocycles. The van der Waals surface area contributed by atoms with Gasteiger partial charge >= 0.3 is 4.87 Å². The predicted molar refractivity (Wildman–Crippen MR) is 66.2 cm³/mol. The number of rotatable bonds is 6. The van der Waals surface area contributed by atoms with Gasteiger partial charge in [0.2, 0.25) is 0 Å². The van der Waals surface area contributed by atoms with E-state index < -0.39 is 0 Å². The molecule has 0 bridgehead atoms. The van der Waals surface area contributed by atoms with Gasteiger partial charge in [-0.3, -0.25) is 9.59 Å². The first-order valence-corrected chi connectivity index (χ1v) is 6.44. The molecule has 1 rings (SSSR count). The number of unbranched alkanes of at least 4 members (excludes halogenated alkanes) is 3. The molecule has 0 fully saturated rings. The fourth-order valence-electron chi connectivity index (χ4n) is 1.46. The molecule has 0 atom stereocenters. The first-order valence-electron chi connectivity index (χ1n) is 5.63. The Morgan fingerprint density at radius 2 is 2.12 bits per heavy atom. The molecular weight excluding hydrogens is 224 g/mol. The van der Waals surface area contributed by atoms with Crippen LogP contribution in [-0.4, -0.2) is 17.4 Å². The van der Waals surface area contributed by atoms with Crippen molar-refractivity contribution in [2.45, 2.75) is 39.5 Å². The monoisotopic (exact) mass is 242 g/mol. The van der Waals surface area contributed by atoms with Crippen LogP contribution in [0.5, 0.6) is 0 Å². The van der Waals surface area contributed by atoms with Crippen molar-refractivity contribution in [2.75, 3.05) is 6.54 Å². The molecule has 0 aromatic carbocycles. The fraction of sp³-hybridized carbons (Fsp3) is 0.636. The molecule has 1 amide bonds. The molecule has 1 aromatic heterocycles. The van der Waals surface area contributed by atoms with E-state index in [9.17, 15) is 9.59 Å². The zero-order valence-corrected chi connectivity index (χ0v) is 10.6. The molecule has 0 aliphatic rings. The number of hydrogen-bond acceptors (Lipinski definition) is 3. The van der Waals surface area contributed by atoms with E-state index in [1.165, 1.54) is 12.8 Å². The van der Waals surface area contributed by atoms with Crippen molar-refractivity contribution in [1.29, 1.82) is 0 Å². The number of aromatic nitrogens is 1. The number of aryl methyl sites for hydroxylation is 1. The smallest absolute Gasteiger partial charge is 0.305 e. The molecule has 0 aliphatic heterocycles. The normalized spacial score (nSPS) is 10.4. The molecule has 2 N–H and O–H groups in total. The van der Waals surface area contributed by atoms with E-state index in [2.05, 4.69) is 17.2 Å². The van der Waals surface area contributed by atoms with E-state index in [0.717, 1.165) is 24.2 Å². The van der Waals surface area contributed by atoms with Gasteiger partial charge in [-0.1, -0.05) is 37.5 Å².